The van der Waals surface area contributed by atoms with Crippen LogP contribution >= 0.6 is 11.6 Å². The summed E-state index contributed by atoms with van der Waals surface area (Å²) in [5.74, 6) is 1.02. The Morgan fingerprint density at radius 2 is 1.94 bits per heavy atom. The Bertz CT molecular complexity index is 370. The minimum Gasteiger partial charge on any atom is -0.381 e. The maximum absolute atomic E-state index is 5.84. The van der Waals surface area contributed by atoms with Crippen molar-refractivity contribution in [2.45, 2.75) is 25.8 Å². The van der Waals surface area contributed by atoms with Crippen molar-refractivity contribution in [3.63, 3.8) is 0 Å². The first-order chi connectivity index (χ1) is 8.28. The fourth-order valence-electron chi connectivity index (χ4n) is 1.68. The van der Waals surface area contributed by atoms with Gasteiger partial charge in [-0.1, -0.05) is 0 Å². The number of halogens is 1. The average Bonchev–Trinajstić information content (AvgIpc) is 2.30. The van der Waals surface area contributed by atoms with Crippen molar-refractivity contribution in [2.75, 3.05) is 30.4 Å². The van der Waals surface area contributed by atoms with Gasteiger partial charge in [0.15, 0.2) is 0 Å². The van der Waals surface area contributed by atoms with Crippen molar-refractivity contribution >= 4 is 23.5 Å². The largest absolute Gasteiger partial charge is 0.381 e. The average molecular weight is 258 g/mol. The molecule has 17 heavy (non-hydrogen) atoms. The lowest BCUT2D eigenvalue weighted by molar-refractivity contribution is 0.0903. The number of nitrogens with zero attached hydrogens (tertiary/aromatic N) is 3. The fourth-order valence-corrected chi connectivity index (χ4v) is 1.84. The smallest absolute Gasteiger partial charge is 0.229 e. The van der Waals surface area contributed by atoms with Crippen molar-refractivity contribution in [2.24, 2.45) is 0 Å². The van der Waals surface area contributed by atoms with Crippen molar-refractivity contribution in [1.82, 2.24) is 15.0 Å². The zero-order chi connectivity index (χ0) is 12.1. The van der Waals surface area contributed by atoms with Crippen LogP contribution < -0.4 is 10.6 Å². The molecule has 1 fully saturated rings. The Kier molecular flexibility index (Phi) is 4.33. The molecule has 1 aromatic rings. The van der Waals surface area contributed by atoms with Gasteiger partial charge in [0.05, 0.1) is 0 Å². The Morgan fingerprint density at radius 3 is 2.65 bits per heavy atom. The monoisotopic (exact) mass is 257 g/mol. The van der Waals surface area contributed by atoms with Gasteiger partial charge in [0.2, 0.25) is 17.2 Å². The first kappa shape index (κ1) is 12.3. The van der Waals surface area contributed by atoms with Gasteiger partial charge in [-0.15, -0.1) is 0 Å². The third kappa shape index (κ3) is 3.67. The summed E-state index contributed by atoms with van der Waals surface area (Å²) in [4.78, 5) is 12.3. The van der Waals surface area contributed by atoms with Gasteiger partial charge in [-0.05, 0) is 31.4 Å². The number of anilines is 2. The molecular weight excluding hydrogens is 242 g/mol. The van der Waals surface area contributed by atoms with E-state index < -0.39 is 0 Å². The number of aromatic nitrogens is 3. The number of rotatable bonds is 4. The van der Waals surface area contributed by atoms with E-state index in [1.54, 1.807) is 0 Å². The van der Waals surface area contributed by atoms with Gasteiger partial charge in [-0.25, -0.2) is 0 Å². The molecule has 2 N–H and O–H groups in total. The molecule has 7 heteroatoms. The molecular formula is C10H16ClN5O. The van der Waals surface area contributed by atoms with E-state index in [1.165, 1.54) is 0 Å². The van der Waals surface area contributed by atoms with Crippen LogP contribution in [0.4, 0.5) is 11.9 Å². The molecule has 1 aliphatic heterocycles. The lowest BCUT2D eigenvalue weighted by Gasteiger charge is -2.23. The summed E-state index contributed by atoms with van der Waals surface area (Å²) in [6, 6.07) is 0.344. The normalized spacial score (nSPS) is 16.8. The van der Waals surface area contributed by atoms with Crippen LogP contribution in [0, 0.1) is 0 Å². The number of ether oxygens (including phenoxy) is 1. The Balaban J connectivity index is 2.03. The quantitative estimate of drug-likeness (QED) is 0.853. The summed E-state index contributed by atoms with van der Waals surface area (Å²) in [7, 11) is 0. The topological polar surface area (TPSA) is 72.0 Å². The Morgan fingerprint density at radius 1 is 1.24 bits per heavy atom. The second-order valence-corrected chi connectivity index (χ2v) is 4.15. The molecule has 0 spiro atoms. The lowest BCUT2D eigenvalue weighted by atomic mass is 10.1. The van der Waals surface area contributed by atoms with Gasteiger partial charge in [0.1, 0.15) is 0 Å². The summed E-state index contributed by atoms with van der Waals surface area (Å²) in [6.45, 7) is 4.27. The van der Waals surface area contributed by atoms with Gasteiger partial charge in [0, 0.05) is 25.8 Å². The van der Waals surface area contributed by atoms with E-state index >= 15 is 0 Å². The van der Waals surface area contributed by atoms with E-state index in [9.17, 15) is 0 Å². The van der Waals surface area contributed by atoms with E-state index in [-0.39, 0.29) is 5.28 Å². The predicted molar refractivity (Wildman–Crippen MR) is 66.5 cm³/mol. The molecule has 0 aliphatic carbocycles. The third-order valence-electron chi connectivity index (χ3n) is 2.50. The highest BCUT2D eigenvalue weighted by molar-refractivity contribution is 6.28. The molecule has 2 heterocycles. The minimum atomic E-state index is 0.200. The van der Waals surface area contributed by atoms with E-state index in [0.29, 0.717) is 17.9 Å². The summed E-state index contributed by atoms with van der Waals surface area (Å²) in [6.07, 6.45) is 1.92. The molecule has 0 atom stereocenters. The third-order valence-corrected chi connectivity index (χ3v) is 2.67. The van der Waals surface area contributed by atoms with Crippen LogP contribution in [0.15, 0.2) is 0 Å². The zero-order valence-corrected chi connectivity index (χ0v) is 10.5. The number of hydrogen-bond acceptors (Lipinski definition) is 6. The highest BCUT2D eigenvalue weighted by Crippen LogP contribution is 2.14. The molecule has 6 nitrogen and oxygen atoms in total. The molecule has 1 aliphatic rings. The first-order valence-corrected chi connectivity index (χ1v) is 6.15. The van der Waals surface area contributed by atoms with Crippen molar-refractivity contribution in [1.29, 1.82) is 0 Å². The molecule has 2 rings (SSSR count). The van der Waals surface area contributed by atoms with Crippen LogP contribution in [0.5, 0.6) is 0 Å². The summed E-state index contributed by atoms with van der Waals surface area (Å²) < 4.78 is 5.29. The highest BCUT2D eigenvalue weighted by atomic mass is 35.5. The van der Waals surface area contributed by atoms with Gasteiger partial charge < -0.3 is 15.4 Å². The Labute approximate surface area is 105 Å². The molecule has 94 valence electrons. The molecule has 1 saturated heterocycles. The number of nitrogens with one attached hydrogen (secondary N) is 2. The van der Waals surface area contributed by atoms with Crippen LogP contribution in [0.3, 0.4) is 0 Å². The predicted octanol–water partition coefficient (Wildman–Crippen LogP) is 1.55. The molecule has 0 amide bonds. The van der Waals surface area contributed by atoms with E-state index in [2.05, 4.69) is 25.6 Å². The van der Waals surface area contributed by atoms with Gasteiger partial charge in [-0.2, -0.15) is 15.0 Å². The van der Waals surface area contributed by atoms with Crippen LogP contribution in [-0.2, 0) is 4.74 Å². The molecule has 0 unspecified atom stereocenters. The zero-order valence-electron chi connectivity index (χ0n) is 9.74. The maximum atomic E-state index is 5.84. The molecule has 0 radical (unpaired) electrons. The van der Waals surface area contributed by atoms with Gasteiger partial charge in [-0.3, -0.25) is 0 Å². The van der Waals surface area contributed by atoms with Crippen molar-refractivity contribution in [3.05, 3.63) is 5.28 Å². The van der Waals surface area contributed by atoms with Crippen LogP contribution in [0.2, 0.25) is 5.28 Å². The minimum absolute atomic E-state index is 0.200. The van der Waals surface area contributed by atoms with Gasteiger partial charge >= 0.3 is 0 Å². The number of hydrogen-bond donors (Lipinski definition) is 2. The standard InChI is InChI=1S/C10H16ClN5O/c1-2-12-9-14-8(11)15-10(16-9)13-7-3-5-17-6-4-7/h7H,2-6H2,1H3,(H2,12,13,14,15,16). The molecule has 0 aromatic carbocycles. The maximum Gasteiger partial charge on any atom is 0.229 e. The Hall–Kier alpha value is -1.14. The van der Waals surface area contributed by atoms with Crippen LogP contribution in [0.1, 0.15) is 19.8 Å². The van der Waals surface area contributed by atoms with E-state index in [4.69, 9.17) is 16.3 Å². The second kappa shape index (κ2) is 5.97. The highest BCUT2D eigenvalue weighted by Gasteiger charge is 2.15. The van der Waals surface area contributed by atoms with Crippen LogP contribution in [-0.4, -0.2) is 40.8 Å². The summed E-state index contributed by atoms with van der Waals surface area (Å²) in [5.41, 5.74) is 0. The van der Waals surface area contributed by atoms with E-state index in [0.717, 1.165) is 32.6 Å². The molecule has 1 aromatic heterocycles. The second-order valence-electron chi connectivity index (χ2n) is 3.81. The first-order valence-electron chi connectivity index (χ1n) is 5.77. The fraction of sp³-hybridized carbons (Fsp3) is 0.700. The van der Waals surface area contributed by atoms with Crippen LogP contribution in [0.25, 0.3) is 0 Å². The summed E-state index contributed by atoms with van der Waals surface area (Å²) >= 11 is 5.84. The molecule has 0 bridgehead atoms. The van der Waals surface area contributed by atoms with Gasteiger partial charge in [0.25, 0.3) is 0 Å². The molecule has 0 saturated carbocycles. The SMILES string of the molecule is CCNc1nc(Cl)nc(NC2CCOCC2)n1. The van der Waals surface area contributed by atoms with Crippen molar-refractivity contribution < 1.29 is 4.74 Å². The van der Waals surface area contributed by atoms with Crippen molar-refractivity contribution in [3.8, 4) is 0 Å². The summed E-state index contributed by atoms with van der Waals surface area (Å²) in [5, 5.41) is 6.47. The lowest BCUT2D eigenvalue weighted by Crippen LogP contribution is -2.28. The van der Waals surface area contributed by atoms with E-state index in [1.807, 2.05) is 6.92 Å².